The third-order valence-electron chi connectivity index (χ3n) is 2.37. The molecule has 0 saturated carbocycles. The Hall–Kier alpha value is -1.18. The number of ether oxygens (including phenoxy) is 1. The van der Waals surface area contributed by atoms with E-state index in [4.69, 9.17) is 10.5 Å². The van der Waals surface area contributed by atoms with Gasteiger partial charge >= 0.3 is 0 Å². The van der Waals surface area contributed by atoms with Crippen LogP contribution in [0.5, 0.6) is 0 Å². The molecular weight excluding hydrogens is 248 g/mol. The Labute approximate surface area is 114 Å². The maximum atomic E-state index is 11.4. The maximum absolute atomic E-state index is 11.4. The molecule has 0 unspecified atom stereocenters. The summed E-state index contributed by atoms with van der Waals surface area (Å²) in [5, 5.41) is 8.53. The predicted octanol–water partition coefficient (Wildman–Crippen LogP) is -1.42. The number of carbonyl (C=O) groups is 2. The van der Waals surface area contributed by atoms with Crippen molar-refractivity contribution in [2.45, 2.75) is 19.3 Å². The standard InChI is InChI=1S/C12H26N4O3/c1-19-10-2-6-15-11(17)3-4-12(18)16-9-8-14-7-5-13/h14H,2-10,13H2,1H3,(H,15,17)(H,16,18). The lowest BCUT2D eigenvalue weighted by atomic mass is 10.2. The molecule has 112 valence electrons. The molecule has 0 aromatic rings. The van der Waals surface area contributed by atoms with Gasteiger partial charge in [0, 0.05) is 59.3 Å². The van der Waals surface area contributed by atoms with E-state index in [0.717, 1.165) is 13.0 Å². The molecule has 0 radical (unpaired) electrons. The van der Waals surface area contributed by atoms with Gasteiger partial charge in [-0.25, -0.2) is 0 Å². The van der Waals surface area contributed by atoms with Crippen molar-refractivity contribution < 1.29 is 14.3 Å². The highest BCUT2D eigenvalue weighted by Crippen LogP contribution is 1.89. The number of rotatable bonds is 12. The van der Waals surface area contributed by atoms with E-state index < -0.39 is 0 Å². The number of hydrogen-bond donors (Lipinski definition) is 4. The number of amides is 2. The molecule has 0 bridgehead atoms. The van der Waals surface area contributed by atoms with E-state index in [2.05, 4.69) is 16.0 Å². The quantitative estimate of drug-likeness (QED) is 0.327. The molecule has 0 aliphatic heterocycles. The van der Waals surface area contributed by atoms with Crippen molar-refractivity contribution in [3.05, 3.63) is 0 Å². The van der Waals surface area contributed by atoms with Crippen LogP contribution in [0.15, 0.2) is 0 Å². The Morgan fingerprint density at radius 1 is 1.00 bits per heavy atom. The first-order chi connectivity index (χ1) is 9.20. The zero-order chi connectivity index (χ0) is 14.3. The smallest absolute Gasteiger partial charge is 0.220 e. The van der Waals surface area contributed by atoms with Crippen LogP contribution in [0, 0.1) is 0 Å². The van der Waals surface area contributed by atoms with E-state index in [-0.39, 0.29) is 24.7 Å². The number of nitrogens with two attached hydrogens (primary N) is 1. The topological polar surface area (TPSA) is 105 Å². The number of nitrogens with one attached hydrogen (secondary N) is 3. The van der Waals surface area contributed by atoms with Gasteiger partial charge in [-0.1, -0.05) is 0 Å². The van der Waals surface area contributed by atoms with E-state index in [9.17, 15) is 9.59 Å². The normalized spacial score (nSPS) is 10.2. The summed E-state index contributed by atoms with van der Waals surface area (Å²) in [4.78, 5) is 22.8. The van der Waals surface area contributed by atoms with Gasteiger partial charge in [0.2, 0.25) is 11.8 Å². The molecule has 0 aliphatic carbocycles. The maximum Gasteiger partial charge on any atom is 0.220 e. The second-order valence-electron chi connectivity index (χ2n) is 4.08. The summed E-state index contributed by atoms with van der Waals surface area (Å²) >= 11 is 0. The molecule has 2 amide bonds. The average molecular weight is 274 g/mol. The van der Waals surface area contributed by atoms with Crippen LogP contribution in [-0.4, -0.2) is 58.3 Å². The minimum atomic E-state index is -0.110. The highest BCUT2D eigenvalue weighted by molar-refractivity contribution is 5.83. The van der Waals surface area contributed by atoms with Crippen LogP contribution >= 0.6 is 0 Å². The van der Waals surface area contributed by atoms with Crippen molar-refractivity contribution in [3.63, 3.8) is 0 Å². The fraction of sp³-hybridized carbons (Fsp3) is 0.833. The molecular formula is C12H26N4O3. The molecule has 0 rings (SSSR count). The Bertz CT molecular complexity index is 249. The van der Waals surface area contributed by atoms with Crippen molar-refractivity contribution in [1.29, 1.82) is 0 Å². The summed E-state index contributed by atoms with van der Waals surface area (Å²) in [5.41, 5.74) is 5.31. The summed E-state index contributed by atoms with van der Waals surface area (Å²) in [6, 6.07) is 0. The van der Waals surface area contributed by atoms with Crippen LogP contribution in [-0.2, 0) is 14.3 Å². The molecule has 7 nitrogen and oxygen atoms in total. The Morgan fingerprint density at radius 3 is 2.21 bits per heavy atom. The first kappa shape index (κ1) is 17.8. The summed E-state index contributed by atoms with van der Waals surface area (Å²) < 4.78 is 4.86. The third-order valence-corrected chi connectivity index (χ3v) is 2.37. The lowest BCUT2D eigenvalue weighted by molar-refractivity contribution is -0.126. The molecule has 0 aliphatic rings. The van der Waals surface area contributed by atoms with Crippen molar-refractivity contribution in [3.8, 4) is 0 Å². The number of hydrogen-bond acceptors (Lipinski definition) is 5. The van der Waals surface area contributed by atoms with Crippen LogP contribution in [0.2, 0.25) is 0 Å². The molecule has 0 fully saturated rings. The van der Waals surface area contributed by atoms with Crippen LogP contribution in [0.4, 0.5) is 0 Å². The first-order valence-electron chi connectivity index (χ1n) is 6.63. The Kier molecular flexibility index (Phi) is 12.4. The molecule has 0 spiro atoms. The van der Waals surface area contributed by atoms with E-state index in [1.165, 1.54) is 0 Å². The van der Waals surface area contributed by atoms with E-state index in [0.29, 0.717) is 32.8 Å². The fourth-order valence-electron chi connectivity index (χ4n) is 1.37. The molecule has 0 aromatic carbocycles. The van der Waals surface area contributed by atoms with Gasteiger partial charge in [0.1, 0.15) is 0 Å². The van der Waals surface area contributed by atoms with Gasteiger partial charge in [-0.3, -0.25) is 9.59 Å². The van der Waals surface area contributed by atoms with Crippen molar-refractivity contribution >= 4 is 11.8 Å². The van der Waals surface area contributed by atoms with Gasteiger partial charge < -0.3 is 26.4 Å². The SMILES string of the molecule is COCCCNC(=O)CCC(=O)NCCNCCN. The van der Waals surface area contributed by atoms with Gasteiger partial charge in [-0.2, -0.15) is 0 Å². The van der Waals surface area contributed by atoms with Crippen LogP contribution in [0.25, 0.3) is 0 Å². The molecule has 5 N–H and O–H groups in total. The molecule has 0 saturated heterocycles. The summed E-state index contributed by atoms with van der Waals surface area (Å²) in [7, 11) is 1.62. The van der Waals surface area contributed by atoms with Gasteiger partial charge in [-0.05, 0) is 6.42 Å². The van der Waals surface area contributed by atoms with Crippen molar-refractivity contribution in [1.82, 2.24) is 16.0 Å². The summed E-state index contributed by atoms with van der Waals surface area (Å²) in [6.45, 7) is 3.76. The highest BCUT2D eigenvalue weighted by Gasteiger charge is 2.05. The Morgan fingerprint density at radius 2 is 1.63 bits per heavy atom. The van der Waals surface area contributed by atoms with E-state index >= 15 is 0 Å². The van der Waals surface area contributed by atoms with Crippen LogP contribution < -0.4 is 21.7 Å². The Balaban J connectivity index is 3.38. The number of carbonyl (C=O) groups excluding carboxylic acids is 2. The van der Waals surface area contributed by atoms with E-state index in [1.807, 2.05) is 0 Å². The van der Waals surface area contributed by atoms with Gasteiger partial charge in [-0.15, -0.1) is 0 Å². The minimum Gasteiger partial charge on any atom is -0.385 e. The first-order valence-corrected chi connectivity index (χ1v) is 6.63. The highest BCUT2D eigenvalue weighted by atomic mass is 16.5. The molecule has 0 heterocycles. The van der Waals surface area contributed by atoms with Crippen molar-refractivity contribution in [2.75, 3.05) is 46.4 Å². The summed E-state index contributed by atoms with van der Waals surface area (Å²) in [6.07, 6.45) is 1.21. The zero-order valence-electron chi connectivity index (χ0n) is 11.7. The minimum absolute atomic E-state index is 0.104. The molecule has 19 heavy (non-hydrogen) atoms. The lowest BCUT2D eigenvalue weighted by Gasteiger charge is -2.07. The summed E-state index contributed by atoms with van der Waals surface area (Å²) in [5.74, 6) is -0.214. The predicted molar refractivity (Wildman–Crippen MR) is 73.7 cm³/mol. The van der Waals surface area contributed by atoms with Crippen LogP contribution in [0.1, 0.15) is 19.3 Å². The zero-order valence-corrected chi connectivity index (χ0v) is 11.7. The van der Waals surface area contributed by atoms with Gasteiger partial charge in [0.05, 0.1) is 0 Å². The average Bonchev–Trinajstić information content (AvgIpc) is 2.41. The van der Waals surface area contributed by atoms with Crippen LogP contribution in [0.3, 0.4) is 0 Å². The molecule has 0 atom stereocenters. The van der Waals surface area contributed by atoms with Gasteiger partial charge in [0.25, 0.3) is 0 Å². The van der Waals surface area contributed by atoms with E-state index in [1.54, 1.807) is 7.11 Å². The molecule has 7 heteroatoms. The largest absolute Gasteiger partial charge is 0.385 e. The third kappa shape index (κ3) is 13.1. The fourth-order valence-corrected chi connectivity index (χ4v) is 1.37. The second-order valence-corrected chi connectivity index (χ2v) is 4.08. The van der Waals surface area contributed by atoms with Crippen molar-refractivity contribution in [2.24, 2.45) is 5.73 Å². The molecule has 0 aromatic heterocycles. The monoisotopic (exact) mass is 274 g/mol. The second kappa shape index (κ2) is 13.3. The lowest BCUT2D eigenvalue weighted by Crippen LogP contribution is -2.34. The van der Waals surface area contributed by atoms with Gasteiger partial charge in [0.15, 0.2) is 0 Å². The number of methoxy groups -OCH3 is 1.